The molecule has 0 radical (unpaired) electrons. The van der Waals surface area contributed by atoms with Gasteiger partial charge in [0.05, 0.1) is 6.10 Å². The van der Waals surface area contributed by atoms with Crippen molar-refractivity contribution in [2.75, 3.05) is 0 Å². The smallest absolute Gasteiger partial charge is 0.0594 e. The molecule has 0 bridgehead atoms. The van der Waals surface area contributed by atoms with Crippen molar-refractivity contribution >= 4 is 0 Å². The third-order valence-electron chi connectivity index (χ3n) is 5.80. The molecule has 1 saturated carbocycles. The van der Waals surface area contributed by atoms with Crippen molar-refractivity contribution in [3.05, 3.63) is 35.4 Å². The lowest BCUT2D eigenvalue weighted by Gasteiger charge is -2.56. The second kappa shape index (κ2) is 3.84. The lowest BCUT2D eigenvalue weighted by Crippen LogP contribution is -2.53. The molecule has 1 aromatic rings. The maximum Gasteiger partial charge on any atom is 0.0594 e. The molecule has 3 unspecified atom stereocenters. The van der Waals surface area contributed by atoms with Crippen molar-refractivity contribution in [2.24, 2.45) is 11.3 Å². The Bertz CT molecular complexity index is 462. The fourth-order valence-corrected chi connectivity index (χ4v) is 4.64. The minimum atomic E-state index is -0.138. The molecule has 1 heteroatoms. The average molecular weight is 244 g/mol. The van der Waals surface area contributed by atoms with Crippen LogP contribution in [-0.2, 0) is 11.8 Å². The molecule has 1 nitrogen and oxygen atoms in total. The van der Waals surface area contributed by atoms with E-state index < -0.39 is 0 Å². The van der Waals surface area contributed by atoms with E-state index in [1.807, 2.05) is 0 Å². The van der Waals surface area contributed by atoms with Gasteiger partial charge in [-0.05, 0) is 53.6 Å². The normalized spacial score (nSPS) is 37.8. The molecule has 0 aromatic heterocycles. The Balaban J connectivity index is 2.10. The first-order chi connectivity index (χ1) is 8.46. The lowest BCUT2D eigenvalue weighted by molar-refractivity contribution is -0.0730. The Labute approximate surface area is 110 Å². The molecule has 0 saturated heterocycles. The molecule has 1 aromatic carbocycles. The topological polar surface area (TPSA) is 20.2 Å². The van der Waals surface area contributed by atoms with E-state index in [4.69, 9.17) is 0 Å². The van der Waals surface area contributed by atoms with Gasteiger partial charge in [0.25, 0.3) is 0 Å². The number of aliphatic hydroxyl groups excluding tert-OH is 1. The van der Waals surface area contributed by atoms with Crippen LogP contribution in [0.25, 0.3) is 0 Å². The van der Waals surface area contributed by atoms with E-state index in [9.17, 15) is 5.11 Å². The van der Waals surface area contributed by atoms with Gasteiger partial charge in [-0.1, -0.05) is 45.0 Å². The van der Waals surface area contributed by atoms with E-state index in [0.717, 1.165) is 12.8 Å². The maximum absolute atomic E-state index is 10.3. The number of hydrogen-bond acceptors (Lipinski definition) is 1. The van der Waals surface area contributed by atoms with Crippen molar-refractivity contribution in [3.63, 3.8) is 0 Å². The third-order valence-corrected chi connectivity index (χ3v) is 5.80. The zero-order valence-electron chi connectivity index (χ0n) is 11.7. The Morgan fingerprint density at radius 1 is 1.11 bits per heavy atom. The summed E-state index contributed by atoms with van der Waals surface area (Å²) >= 11 is 0. The van der Waals surface area contributed by atoms with Crippen LogP contribution in [0.2, 0.25) is 0 Å². The molecule has 1 fully saturated rings. The molecule has 18 heavy (non-hydrogen) atoms. The fourth-order valence-electron chi connectivity index (χ4n) is 4.64. The third kappa shape index (κ3) is 1.50. The minimum Gasteiger partial charge on any atom is -0.393 e. The Hall–Kier alpha value is -0.820. The molecule has 0 heterocycles. The summed E-state index contributed by atoms with van der Waals surface area (Å²) in [4.78, 5) is 0. The highest BCUT2D eigenvalue weighted by atomic mass is 16.3. The molecule has 3 rings (SSSR count). The molecular weight excluding hydrogens is 220 g/mol. The maximum atomic E-state index is 10.3. The molecule has 98 valence electrons. The average Bonchev–Trinajstić information content (AvgIpc) is 2.35. The van der Waals surface area contributed by atoms with Gasteiger partial charge in [0.1, 0.15) is 0 Å². The van der Waals surface area contributed by atoms with Crippen LogP contribution in [0.5, 0.6) is 0 Å². The number of aryl methyl sites for hydroxylation is 1. The zero-order chi connectivity index (χ0) is 13.0. The van der Waals surface area contributed by atoms with Gasteiger partial charge in [-0.2, -0.15) is 0 Å². The van der Waals surface area contributed by atoms with Crippen LogP contribution in [0.4, 0.5) is 0 Å². The van der Waals surface area contributed by atoms with Gasteiger partial charge in [-0.15, -0.1) is 0 Å². The Kier molecular flexibility index (Phi) is 2.60. The van der Waals surface area contributed by atoms with Crippen molar-refractivity contribution in [1.29, 1.82) is 0 Å². The number of rotatable bonds is 0. The van der Waals surface area contributed by atoms with Crippen LogP contribution < -0.4 is 0 Å². The fraction of sp³-hybridized carbons (Fsp3) is 0.647. The Morgan fingerprint density at radius 3 is 2.61 bits per heavy atom. The van der Waals surface area contributed by atoms with E-state index in [1.54, 1.807) is 5.56 Å². The van der Waals surface area contributed by atoms with E-state index >= 15 is 0 Å². The second-order valence-corrected chi connectivity index (χ2v) is 7.04. The highest BCUT2D eigenvalue weighted by Crippen LogP contribution is 2.56. The van der Waals surface area contributed by atoms with Crippen molar-refractivity contribution in [1.82, 2.24) is 0 Å². The molecule has 0 spiro atoms. The van der Waals surface area contributed by atoms with Crippen molar-refractivity contribution in [3.8, 4) is 0 Å². The molecule has 2 aliphatic carbocycles. The van der Waals surface area contributed by atoms with Gasteiger partial charge in [-0.25, -0.2) is 0 Å². The quantitative estimate of drug-likeness (QED) is 0.738. The number of aliphatic hydroxyl groups is 1. The molecular formula is C17H24O. The van der Waals surface area contributed by atoms with E-state index in [1.165, 1.54) is 18.4 Å². The minimum absolute atomic E-state index is 0.0422. The molecule has 0 amide bonds. The summed E-state index contributed by atoms with van der Waals surface area (Å²) in [6.07, 6.45) is 4.32. The van der Waals surface area contributed by atoms with Gasteiger partial charge < -0.3 is 5.11 Å². The van der Waals surface area contributed by atoms with Crippen molar-refractivity contribution < 1.29 is 5.11 Å². The molecule has 3 atom stereocenters. The van der Waals surface area contributed by atoms with E-state index in [2.05, 4.69) is 45.0 Å². The standard InChI is InChI=1S/C17H24O/c1-16(2)14-9-8-12-6-4-5-7-13(12)17(14,3)11-10-15(16)18/h4-7,14-15,18H,8-11H2,1-3H3. The highest BCUT2D eigenvalue weighted by molar-refractivity contribution is 5.38. The predicted molar refractivity (Wildman–Crippen MR) is 74.6 cm³/mol. The predicted octanol–water partition coefficient (Wildman–Crippen LogP) is 3.69. The summed E-state index contributed by atoms with van der Waals surface area (Å²) < 4.78 is 0. The number of fused-ring (bicyclic) bond motifs is 3. The molecule has 0 aliphatic heterocycles. The molecule has 2 aliphatic rings. The summed E-state index contributed by atoms with van der Waals surface area (Å²) in [6, 6.07) is 8.93. The van der Waals surface area contributed by atoms with Crippen LogP contribution >= 0.6 is 0 Å². The van der Waals surface area contributed by atoms with Gasteiger partial charge in [0.2, 0.25) is 0 Å². The number of benzene rings is 1. The SMILES string of the molecule is CC12CCC(O)C(C)(C)C1CCc1ccccc12. The highest BCUT2D eigenvalue weighted by Gasteiger charge is 2.53. The van der Waals surface area contributed by atoms with Gasteiger partial charge in [-0.3, -0.25) is 0 Å². The summed E-state index contributed by atoms with van der Waals surface area (Å²) in [5.74, 6) is 0.601. The van der Waals surface area contributed by atoms with E-state index in [-0.39, 0.29) is 16.9 Å². The monoisotopic (exact) mass is 244 g/mol. The lowest BCUT2D eigenvalue weighted by atomic mass is 9.49. The first kappa shape index (κ1) is 12.2. The largest absolute Gasteiger partial charge is 0.393 e. The first-order valence-electron chi connectivity index (χ1n) is 7.23. The van der Waals surface area contributed by atoms with Crippen LogP contribution in [0, 0.1) is 11.3 Å². The van der Waals surface area contributed by atoms with Crippen LogP contribution in [0.15, 0.2) is 24.3 Å². The van der Waals surface area contributed by atoms with Gasteiger partial charge >= 0.3 is 0 Å². The van der Waals surface area contributed by atoms with Crippen LogP contribution in [-0.4, -0.2) is 11.2 Å². The summed E-state index contributed by atoms with van der Waals surface area (Å²) in [5.41, 5.74) is 3.38. The van der Waals surface area contributed by atoms with Gasteiger partial charge in [0, 0.05) is 0 Å². The summed E-state index contributed by atoms with van der Waals surface area (Å²) in [7, 11) is 0. The number of hydrogen-bond donors (Lipinski definition) is 1. The van der Waals surface area contributed by atoms with Crippen molar-refractivity contribution in [2.45, 2.75) is 58.0 Å². The Morgan fingerprint density at radius 2 is 1.83 bits per heavy atom. The second-order valence-electron chi connectivity index (χ2n) is 7.04. The summed E-state index contributed by atoms with van der Waals surface area (Å²) in [5, 5.41) is 10.3. The summed E-state index contributed by atoms with van der Waals surface area (Å²) in [6.45, 7) is 6.94. The van der Waals surface area contributed by atoms with E-state index in [0.29, 0.717) is 5.92 Å². The van der Waals surface area contributed by atoms with Gasteiger partial charge in [0.15, 0.2) is 0 Å². The first-order valence-corrected chi connectivity index (χ1v) is 7.23. The van der Waals surface area contributed by atoms with Crippen LogP contribution in [0.3, 0.4) is 0 Å². The van der Waals surface area contributed by atoms with Crippen LogP contribution in [0.1, 0.15) is 51.2 Å². The zero-order valence-corrected chi connectivity index (χ0v) is 11.7. The molecule has 1 N–H and O–H groups in total.